The molecular formula is C14H18O3. The number of hydrogen-bond donors (Lipinski definition) is 0. The number of aldehydes is 1. The maximum atomic E-state index is 11.6. The molecular weight excluding hydrogens is 216 g/mol. The van der Waals surface area contributed by atoms with E-state index < -0.39 is 0 Å². The first-order valence-corrected chi connectivity index (χ1v) is 5.97. The molecule has 1 aromatic rings. The van der Waals surface area contributed by atoms with Crippen LogP contribution in [0.5, 0.6) is 5.75 Å². The van der Waals surface area contributed by atoms with E-state index in [1.165, 1.54) is 0 Å². The average molecular weight is 234 g/mol. The zero-order valence-electron chi connectivity index (χ0n) is 10.1. The highest BCUT2D eigenvalue weighted by Crippen LogP contribution is 2.14. The molecule has 0 atom stereocenters. The number of ketones is 1. The molecule has 0 aromatic heterocycles. The van der Waals surface area contributed by atoms with E-state index in [4.69, 9.17) is 4.74 Å². The first kappa shape index (κ1) is 13.4. The van der Waals surface area contributed by atoms with Crippen molar-refractivity contribution in [2.45, 2.75) is 32.6 Å². The number of unbranched alkanes of at least 4 members (excludes halogenated alkanes) is 1. The maximum absolute atomic E-state index is 11.6. The summed E-state index contributed by atoms with van der Waals surface area (Å²) in [6, 6.07) is 7.08. The Kier molecular flexibility index (Phi) is 6.00. The highest BCUT2D eigenvalue weighted by Gasteiger charge is 2.05. The van der Waals surface area contributed by atoms with E-state index in [1.54, 1.807) is 24.3 Å². The van der Waals surface area contributed by atoms with Crippen LogP contribution in [0.4, 0.5) is 0 Å². The zero-order valence-corrected chi connectivity index (χ0v) is 10.1. The average Bonchev–Trinajstić information content (AvgIpc) is 2.37. The van der Waals surface area contributed by atoms with Crippen LogP contribution in [0.2, 0.25) is 0 Å². The van der Waals surface area contributed by atoms with Gasteiger partial charge in [-0.15, -0.1) is 0 Å². The molecule has 0 N–H and O–H groups in total. The van der Waals surface area contributed by atoms with Crippen LogP contribution in [0, 0.1) is 0 Å². The Morgan fingerprint density at radius 2 is 2.00 bits per heavy atom. The van der Waals surface area contributed by atoms with Crippen molar-refractivity contribution in [3.63, 3.8) is 0 Å². The van der Waals surface area contributed by atoms with Crippen LogP contribution in [0.25, 0.3) is 0 Å². The Hall–Kier alpha value is -1.64. The summed E-state index contributed by atoms with van der Waals surface area (Å²) >= 11 is 0. The molecule has 0 aliphatic carbocycles. The van der Waals surface area contributed by atoms with E-state index >= 15 is 0 Å². The van der Waals surface area contributed by atoms with Crippen molar-refractivity contribution in [1.82, 2.24) is 0 Å². The number of Topliss-reactive ketones (excluding diaryl/α,β-unsaturated/α-hetero) is 1. The van der Waals surface area contributed by atoms with Crippen LogP contribution in [0.3, 0.4) is 0 Å². The minimum Gasteiger partial charge on any atom is -0.494 e. The van der Waals surface area contributed by atoms with Gasteiger partial charge in [0.25, 0.3) is 0 Å². The molecule has 0 aliphatic rings. The predicted molar refractivity (Wildman–Crippen MR) is 66.5 cm³/mol. The van der Waals surface area contributed by atoms with Crippen molar-refractivity contribution in [2.24, 2.45) is 0 Å². The molecule has 0 radical (unpaired) electrons. The van der Waals surface area contributed by atoms with Gasteiger partial charge < -0.3 is 9.53 Å². The first-order chi connectivity index (χ1) is 8.27. The van der Waals surface area contributed by atoms with Crippen LogP contribution in [0.15, 0.2) is 24.3 Å². The lowest BCUT2D eigenvalue weighted by Crippen LogP contribution is -2.00. The Morgan fingerprint density at radius 1 is 1.29 bits per heavy atom. The summed E-state index contributed by atoms with van der Waals surface area (Å²) in [6.45, 7) is 2.81. The van der Waals surface area contributed by atoms with Gasteiger partial charge in [0.15, 0.2) is 5.78 Å². The number of carbonyl (C=O) groups is 2. The fourth-order valence-electron chi connectivity index (χ4n) is 1.41. The van der Waals surface area contributed by atoms with E-state index in [9.17, 15) is 9.59 Å². The molecule has 92 valence electrons. The van der Waals surface area contributed by atoms with Gasteiger partial charge in [-0.3, -0.25) is 4.79 Å². The monoisotopic (exact) mass is 234 g/mol. The minimum atomic E-state index is -0.00259. The minimum absolute atomic E-state index is 0.00259. The van der Waals surface area contributed by atoms with E-state index in [0.29, 0.717) is 12.2 Å². The Balaban J connectivity index is 2.49. The van der Waals surface area contributed by atoms with E-state index in [-0.39, 0.29) is 18.6 Å². The van der Waals surface area contributed by atoms with Gasteiger partial charge >= 0.3 is 0 Å². The van der Waals surface area contributed by atoms with E-state index in [2.05, 4.69) is 6.92 Å². The molecule has 0 aliphatic heterocycles. The summed E-state index contributed by atoms with van der Waals surface area (Å²) in [4.78, 5) is 21.7. The van der Waals surface area contributed by atoms with Crippen LogP contribution in [-0.2, 0) is 4.79 Å². The normalized spacial score (nSPS) is 9.94. The van der Waals surface area contributed by atoms with Crippen molar-refractivity contribution < 1.29 is 14.3 Å². The zero-order chi connectivity index (χ0) is 12.5. The van der Waals surface area contributed by atoms with Gasteiger partial charge in [-0.2, -0.15) is 0 Å². The third kappa shape index (κ3) is 4.81. The van der Waals surface area contributed by atoms with Crippen molar-refractivity contribution in [1.29, 1.82) is 0 Å². The quantitative estimate of drug-likeness (QED) is 0.394. The molecule has 0 saturated heterocycles. The topological polar surface area (TPSA) is 43.4 Å². The number of benzene rings is 1. The predicted octanol–water partition coefficient (Wildman–Crippen LogP) is 3.03. The number of rotatable bonds is 8. The smallest absolute Gasteiger partial charge is 0.163 e. The third-order valence-corrected chi connectivity index (χ3v) is 2.43. The fourth-order valence-corrected chi connectivity index (χ4v) is 1.41. The molecule has 3 heteroatoms. The molecule has 0 heterocycles. The molecule has 0 bridgehead atoms. The van der Waals surface area contributed by atoms with E-state index in [1.807, 2.05) is 0 Å². The van der Waals surface area contributed by atoms with Gasteiger partial charge in [0, 0.05) is 18.4 Å². The molecule has 0 unspecified atom stereocenters. The maximum Gasteiger partial charge on any atom is 0.163 e. The Morgan fingerprint density at radius 3 is 2.59 bits per heavy atom. The van der Waals surface area contributed by atoms with Crippen molar-refractivity contribution in [3.05, 3.63) is 29.8 Å². The number of carbonyl (C=O) groups excluding carboxylic acids is 2. The lowest BCUT2D eigenvalue weighted by Gasteiger charge is -2.05. The second-order valence-corrected chi connectivity index (χ2v) is 3.85. The van der Waals surface area contributed by atoms with Crippen LogP contribution < -0.4 is 4.74 Å². The van der Waals surface area contributed by atoms with Crippen LogP contribution in [-0.4, -0.2) is 18.7 Å². The molecule has 0 fully saturated rings. The highest BCUT2D eigenvalue weighted by molar-refractivity contribution is 5.96. The largest absolute Gasteiger partial charge is 0.494 e. The van der Waals surface area contributed by atoms with Crippen LogP contribution in [0.1, 0.15) is 43.0 Å². The fraction of sp³-hybridized carbons (Fsp3) is 0.429. The summed E-state index contributed by atoms with van der Waals surface area (Å²) < 4.78 is 5.49. The molecule has 1 aromatic carbocycles. The first-order valence-electron chi connectivity index (χ1n) is 5.97. The van der Waals surface area contributed by atoms with Crippen molar-refractivity contribution in [2.75, 3.05) is 6.61 Å². The molecule has 0 amide bonds. The van der Waals surface area contributed by atoms with E-state index in [0.717, 1.165) is 24.9 Å². The second kappa shape index (κ2) is 7.60. The number of hydrogen-bond acceptors (Lipinski definition) is 3. The summed E-state index contributed by atoms with van der Waals surface area (Å²) in [5.74, 6) is 0.780. The third-order valence-electron chi connectivity index (χ3n) is 2.43. The lowest BCUT2D eigenvalue weighted by molar-refractivity contribution is -0.107. The van der Waals surface area contributed by atoms with Gasteiger partial charge in [-0.1, -0.05) is 13.3 Å². The number of ether oxygens (including phenoxy) is 1. The SMILES string of the molecule is CCCCOc1ccc(C(=O)CCC=O)cc1. The second-order valence-electron chi connectivity index (χ2n) is 3.85. The summed E-state index contributed by atoms with van der Waals surface area (Å²) in [6.07, 6.45) is 3.45. The van der Waals surface area contributed by atoms with Crippen molar-refractivity contribution >= 4 is 12.1 Å². The molecule has 0 spiro atoms. The van der Waals surface area contributed by atoms with Gasteiger partial charge in [0.05, 0.1) is 6.61 Å². The summed E-state index contributed by atoms with van der Waals surface area (Å²) in [7, 11) is 0. The van der Waals surface area contributed by atoms with Crippen LogP contribution >= 0.6 is 0 Å². The van der Waals surface area contributed by atoms with Gasteiger partial charge in [-0.25, -0.2) is 0 Å². The lowest BCUT2D eigenvalue weighted by atomic mass is 10.1. The van der Waals surface area contributed by atoms with Crippen molar-refractivity contribution in [3.8, 4) is 5.75 Å². The molecule has 17 heavy (non-hydrogen) atoms. The molecule has 0 saturated carbocycles. The Bertz CT molecular complexity index is 354. The van der Waals surface area contributed by atoms with Gasteiger partial charge in [0.1, 0.15) is 12.0 Å². The van der Waals surface area contributed by atoms with Gasteiger partial charge in [-0.05, 0) is 30.7 Å². The summed E-state index contributed by atoms with van der Waals surface area (Å²) in [5.41, 5.74) is 0.634. The Labute approximate surface area is 102 Å². The highest BCUT2D eigenvalue weighted by atomic mass is 16.5. The standard InChI is InChI=1S/C14H18O3/c1-2-3-11-17-13-8-6-12(7-9-13)14(16)5-4-10-15/h6-10H,2-5,11H2,1H3. The molecule has 1 rings (SSSR count). The molecule has 3 nitrogen and oxygen atoms in total. The summed E-state index contributed by atoms with van der Waals surface area (Å²) in [5, 5.41) is 0. The van der Waals surface area contributed by atoms with Gasteiger partial charge in [0.2, 0.25) is 0 Å².